The number of non-ortho nitro benzene ring substituents is 1. The second kappa shape index (κ2) is 11.0. The molecule has 0 spiro atoms. The molecule has 3 aromatic carbocycles. The van der Waals surface area contributed by atoms with Crippen LogP contribution in [0.1, 0.15) is 15.9 Å². The van der Waals surface area contributed by atoms with Crippen LogP contribution in [0.15, 0.2) is 77.9 Å². The molecule has 3 aromatic rings. The molecule has 0 radical (unpaired) electrons. The number of hydrogen-bond acceptors (Lipinski definition) is 7. The molecular formula is C23H20N4O6. The maximum atomic E-state index is 12.2. The number of hydrogen-bond donors (Lipinski definition) is 2. The lowest BCUT2D eigenvalue weighted by atomic mass is 10.2. The Morgan fingerprint density at radius 2 is 1.82 bits per heavy atom. The van der Waals surface area contributed by atoms with Crippen molar-refractivity contribution in [3.05, 3.63) is 94.0 Å². The maximum Gasteiger partial charge on any atom is 0.271 e. The number of methoxy groups -OCH3 is 1. The Kier molecular flexibility index (Phi) is 7.68. The average molecular weight is 448 g/mol. The largest absolute Gasteiger partial charge is 0.497 e. The van der Waals surface area contributed by atoms with Crippen LogP contribution in [0.25, 0.3) is 0 Å². The number of anilines is 1. The summed E-state index contributed by atoms with van der Waals surface area (Å²) in [6.45, 7) is -0.239. The van der Waals surface area contributed by atoms with Gasteiger partial charge in [-0.25, -0.2) is 5.43 Å². The number of carbonyl (C=O) groups is 2. The van der Waals surface area contributed by atoms with Gasteiger partial charge in [-0.2, -0.15) is 5.10 Å². The summed E-state index contributed by atoms with van der Waals surface area (Å²) in [7, 11) is 1.56. The molecule has 2 N–H and O–H groups in total. The van der Waals surface area contributed by atoms with E-state index in [0.29, 0.717) is 22.7 Å². The van der Waals surface area contributed by atoms with E-state index in [1.807, 2.05) is 0 Å². The molecular weight excluding hydrogens is 428 g/mol. The van der Waals surface area contributed by atoms with E-state index in [-0.39, 0.29) is 23.8 Å². The molecule has 10 nitrogen and oxygen atoms in total. The summed E-state index contributed by atoms with van der Waals surface area (Å²) in [4.78, 5) is 34.6. The summed E-state index contributed by atoms with van der Waals surface area (Å²) >= 11 is 0. The Balaban J connectivity index is 1.57. The van der Waals surface area contributed by atoms with Crippen LogP contribution >= 0.6 is 0 Å². The lowest BCUT2D eigenvalue weighted by molar-refractivity contribution is -0.384. The van der Waals surface area contributed by atoms with Crippen LogP contribution in [0.5, 0.6) is 11.5 Å². The molecule has 0 aliphatic carbocycles. The quantitative estimate of drug-likeness (QED) is 0.293. The van der Waals surface area contributed by atoms with Crippen LogP contribution in [-0.4, -0.2) is 36.7 Å². The van der Waals surface area contributed by atoms with Crippen LogP contribution < -0.4 is 20.2 Å². The number of carbonyl (C=O) groups excluding carboxylic acids is 2. The van der Waals surface area contributed by atoms with E-state index in [2.05, 4.69) is 15.8 Å². The number of nitro groups is 1. The molecule has 2 amide bonds. The lowest BCUT2D eigenvalue weighted by Crippen LogP contribution is -2.20. The highest BCUT2D eigenvalue weighted by Crippen LogP contribution is 2.17. The highest BCUT2D eigenvalue weighted by molar-refractivity contribution is 5.95. The molecule has 0 aromatic heterocycles. The second-order valence-corrected chi connectivity index (χ2v) is 6.61. The summed E-state index contributed by atoms with van der Waals surface area (Å²) in [6.07, 6.45) is 1.35. The summed E-state index contributed by atoms with van der Waals surface area (Å²) in [5.41, 5.74) is 3.34. The van der Waals surface area contributed by atoms with E-state index in [1.54, 1.807) is 55.6 Å². The highest BCUT2D eigenvalue weighted by atomic mass is 16.6. The first-order valence-corrected chi connectivity index (χ1v) is 9.70. The standard InChI is InChI=1S/C23H20N4O6/c1-32-20-11-9-18(10-12-20)25-22(28)15-33-21-8-3-2-5-17(21)14-24-26-23(29)16-6-4-7-19(13-16)27(30)31/h2-14H,15H2,1H3,(H,25,28)(H,26,29)/b24-14+. The Morgan fingerprint density at radius 3 is 2.55 bits per heavy atom. The fraction of sp³-hybridized carbons (Fsp3) is 0.0870. The number of para-hydroxylation sites is 1. The van der Waals surface area contributed by atoms with Crippen molar-refractivity contribution < 1.29 is 24.0 Å². The van der Waals surface area contributed by atoms with Crippen molar-refractivity contribution in [2.75, 3.05) is 19.0 Å². The molecule has 3 rings (SSSR count). The van der Waals surface area contributed by atoms with Gasteiger partial charge in [0.05, 0.1) is 18.2 Å². The molecule has 0 heterocycles. The number of nitrogens with one attached hydrogen (secondary N) is 2. The second-order valence-electron chi connectivity index (χ2n) is 6.61. The van der Waals surface area contributed by atoms with E-state index in [9.17, 15) is 19.7 Å². The molecule has 0 saturated heterocycles. The average Bonchev–Trinajstić information content (AvgIpc) is 2.84. The Morgan fingerprint density at radius 1 is 1.06 bits per heavy atom. The SMILES string of the molecule is COc1ccc(NC(=O)COc2ccccc2/C=N/NC(=O)c2cccc([N+](=O)[O-])c2)cc1. The van der Waals surface area contributed by atoms with E-state index in [4.69, 9.17) is 9.47 Å². The van der Waals surface area contributed by atoms with Crippen molar-refractivity contribution in [2.24, 2.45) is 5.10 Å². The summed E-state index contributed by atoms with van der Waals surface area (Å²) in [5, 5.41) is 17.4. The number of hydrazone groups is 1. The van der Waals surface area contributed by atoms with Crippen molar-refractivity contribution >= 4 is 29.4 Å². The smallest absolute Gasteiger partial charge is 0.271 e. The fourth-order valence-corrected chi connectivity index (χ4v) is 2.72. The van der Waals surface area contributed by atoms with Gasteiger partial charge in [-0.05, 0) is 42.5 Å². The number of rotatable bonds is 9. The monoisotopic (exact) mass is 448 g/mol. The molecule has 0 fully saturated rings. The summed E-state index contributed by atoms with van der Waals surface area (Å²) < 4.78 is 10.7. The molecule has 168 valence electrons. The minimum Gasteiger partial charge on any atom is -0.497 e. The number of amides is 2. The molecule has 0 atom stereocenters. The van der Waals surface area contributed by atoms with Crippen LogP contribution in [0.4, 0.5) is 11.4 Å². The first-order valence-electron chi connectivity index (χ1n) is 9.70. The fourth-order valence-electron chi connectivity index (χ4n) is 2.72. The number of ether oxygens (including phenoxy) is 2. The first kappa shape index (κ1) is 22.9. The van der Waals surface area contributed by atoms with Crippen molar-refractivity contribution in [1.82, 2.24) is 5.43 Å². The van der Waals surface area contributed by atoms with Crippen molar-refractivity contribution in [2.45, 2.75) is 0 Å². The molecule has 33 heavy (non-hydrogen) atoms. The number of nitro benzene ring substituents is 1. The van der Waals surface area contributed by atoms with Crippen molar-refractivity contribution in [1.29, 1.82) is 0 Å². The number of nitrogens with zero attached hydrogens (tertiary/aromatic N) is 2. The van der Waals surface area contributed by atoms with Gasteiger partial charge in [0.25, 0.3) is 17.5 Å². The zero-order chi connectivity index (χ0) is 23.6. The predicted octanol–water partition coefficient (Wildman–Crippen LogP) is 3.38. The van der Waals surface area contributed by atoms with Gasteiger partial charge < -0.3 is 14.8 Å². The normalized spacial score (nSPS) is 10.5. The third-order valence-electron chi connectivity index (χ3n) is 4.34. The highest BCUT2D eigenvalue weighted by Gasteiger charge is 2.11. The topological polar surface area (TPSA) is 132 Å². The summed E-state index contributed by atoms with van der Waals surface area (Å²) in [6, 6.07) is 19.0. The molecule has 0 aliphatic rings. The van der Waals surface area contributed by atoms with Crippen LogP contribution in [0.3, 0.4) is 0 Å². The number of benzene rings is 3. The van der Waals surface area contributed by atoms with Crippen molar-refractivity contribution in [3.8, 4) is 11.5 Å². The van der Waals surface area contributed by atoms with E-state index >= 15 is 0 Å². The molecule has 10 heteroatoms. The van der Waals surface area contributed by atoms with Gasteiger partial charge in [0.2, 0.25) is 0 Å². The van der Waals surface area contributed by atoms with Gasteiger partial charge >= 0.3 is 0 Å². The van der Waals surface area contributed by atoms with Gasteiger partial charge in [-0.3, -0.25) is 19.7 Å². The molecule has 0 saturated carbocycles. The maximum absolute atomic E-state index is 12.2. The van der Waals surface area contributed by atoms with Gasteiger partial charge in [-0.15, -0.1) is 0 Å². The third-order valence-corrected chi connectivity index (χ3v) is 4.34. The van der Waals surface area contributed by atoms with Gasteiger partial charge in [0, 0.05) is 28.9 Å². The first-order chi connectivity index (χ1) is 16.0. The predicted molar refractivity (Wildman–Crippen MR) is 122 cm³/mol. The van der Waals surface area contributed by atoms with Crippen LogP contribution in [0.2, 0.25) is 0 Å². The molecule has 0 bridgehead atoms. The van der Waals surface area contributed by atoms with Gasteiger partial charge in [-0.1, -0.05) is 18.2 Å². The zero-order valence-electron chi connectivity index (χ0n) is 17.6. The van der Waals surface area contributed by atoms with Gasteiger partial charge in [0.15, 0.2) is 6.61 Å². The Labute approximate surface area is 189 Å². The minimum atomic E-state index is -0.604. The zero-order valence-corrected chi connectivity index (χ0v) is 17.6. The lowest BCUT2D eigenvalue weighted by Gasteiger charge is -2.10. The summed E-state index contributed by atoms with van der Waals surface area (Å²) in [5.74, 6) is 0.101. The van der Waals surface area contributed by atoms with E-state index < -0.39 is 10.8 Å². The Bertz CT molecular complexity index is 1180. The van der Waals surface area contributed by atoms with Crippen molar-refractivity contribution in [3.63, 3.8) is 0 Å². The molecule has 0 aliphatic heterocycles. The minimum absolute atomic E-state index is 0.0982. The van der Waals surface area contributed by atoms with Gasteiger partial charge in [0.1, 0.15) is 11.5 Å². The van der Waals surface area contributed by atoms with E-state index in [0.717, 1.165) is 6.07 Å². The van der Waals surface area contributed by atoms with Crippen LogP contribution in [0, 0.1) is 10.1 Å². The van der Waals surface area contributed by atoms with Crippen LogP contribution in [-0.2, 0) is 4.79 Å². The third kappa shape index (κ3) is 6.62. The van der Waals surface area contributed by atoms with E-state index in [1.165, 1.54) is 24.4 Å². The molecule has 0 unspecified atom stereocenters. The Hall–Kier alpha value is -4.73.